The summed E-state index contributed by atoms with van der Waals surface area (Å²) in [7, 11) is 0. The Kier molecular flexibility index (Phi) is 7.18. The Morgan fingerprint density at radius 2 is 1.90 bits per heavy atom. The van der Waals surface area contributed by atoms with E-state index >= 15 is 0 Å². The molecule has 9 heteroatoms. The Morgan fingerprint density at radius 3 is 2.57 bits per heavy atom. The summed E-state index contributed by atoms with van der Waals surface area (Å²) >= 11 is 0. The van der Waals surface area contributed by atoms with E-state index in [2.05, 4.69) is 20.5 Å². The highest BCUT2D eigenvalue weighted by molar-refractivity contribution is 5.99. The van der Waals surface area contributed by atoms with Gasteiger partial charge >= 0.3 is 12.1 Å². The number of halogens is 1. The minimum Gasteiger partial charge on any atom is -0.450 e. The molecule has 0 saturated carbocycles. The van der Waals surface area contributed by atoms with Gasteiger partial charge in [-0.2, -0.15) is 0 Å². The summed E-state index contributed by atoms with van der Waals surface area (Å²) in [6.45, 7) is 7.14. The standard InChI is InChI=1S/C21H26FN5O3/c1-3-30-21(29)27-10-8-26(9-11-27)14-16-5-7-18(22)19(12-16)25-20(28)24-17-6-4-15(2)23-13-17/h4-7,12-13H,3,8-11,14H2,1-2H3,(H2,24,25,28). The molecule has 3 rings (SSSR count). The number of benzene rings is 1. The van der Waals surface area contributed by atoms with E-state index in [0.29, 0.717) is 45.0 Å². The number of aryl methyl sites for hydroxylation is 1. The highest BCUT2D eigenvalue weighted by atomic mass is 19.1. The van der Waals surface area contributed by atoms with E-state index in [1.165, 1.54) is 12.3 Å². The molecule has 2 aromatic rings. The SMILES string of the molecule is CCOC(=O)N1CCN(Cc2ccc(F)c(NC(=O)Nc3ccc(C)nc3)c2)CC1. The minimum absolute atomic E-state index is 0.107. The lowest BCUT2D eigenvalue weighted by molar-refractivity contribution is 0.0778. The number of carbonyl (C=O) groups is 2. The van der Waals surface area contributed by atoms with Crippen molar-refractivity contribution in [3.05, 3.63) is 53.6 Å². The molecule has 1 aromatic heterocycles. The first-order valence-electron chi connectivity index (χ1n) is 9.87. The lowest BCUT2D eigenvalue weighted by atomic mass is 10.1. The van der Waals surface area contributed by atoms with Crippen molar-refractivity contribution in [2.24, 2.45) is 0 Å². The van der Waals surface area contributed by atoms with Gasteiger partial charge in [-0.3, -0.25) is 9.88 Å². The quantitative estimate of drug-likeness (QED) is 0.781. The van der Waals surface area contributed by atoms with E-state index in [-0.39, 0.29) is 11.8 Å². The third-order valence-corrected chi connectivity index (χ3v) is 4.75. The molecule has 1 saturated heterocycles. The first-order chi connectivity index (χ1) is 14.4. The molecule has 30 heavy (non-hydrogen) atoms. The summed E-state index contributed by atoms with van der Waals surface area (Å²) < 4.78 is 19.2. The van der Waals surface area contributed by atoms with Crippen molar-refractivity contribution in [2.75, 3.05) is 43.4 Å². The summed E-state index contributed by atoms with van der Waals surface area (Å²) in [6.07, 6.45) is 1.25. The first-order valence-corrected chi connectivity index (χ1v) is 9.87. The van der Waals surface area contributed by atoms with Crippen molar-refractivity contribution in [1.29, 1.82) is 0 Å². The molecule has 1 fully saturated rings. The van der Waals surface area contributed by atoms with E-state index in [1.54, 1.807) is 36.1 Å². The Balaban J connectivity index is 1.55. The van der Waals surface area contributed by atoms with Crippen molar-refractivity contribution >= 4 is 23.5 Å². The number of pyridine rings is 1. The van der Waals surface area contributed by atoms with Crippen LogP contribution in [0.5, 0.6) is 0 Å². The van der Waals surface area contributed by atoms with Crippen LogP contribution < -0.4 is 10.6 Å². The number of aromatic nitrogens is 1. The van der Waals surface area contributed by atoms with Crippen molar-refractivity contribution in [3.8, 4) is 0 Å². The molecule has 0 atom stereocenters. The second kappa shape index (κ2) is 10.0. The monoisotopic (exact) mass is 415 g/mol. The number of hydrogen-bond donors (Lipinski definition) is 2. The number of nitrogens with one attached hydrogen (secondary N) is 2. The van der Waals surface area contributed by atoms with Gasteiger partial charge in [0.1, 0.15) is 5.82 Å². The smallest absolute Gasteiger partial charge is 0.409 e. The predicted molar refractivity (Wildman–Crippen MR) is 112 cm³/mol. The zero-order chi connectivity index (χ0) is 21.5. The third-order valence-electron chi connectivity index (χ3n) is 4.75. The van der Waals surface area contributed by atoms with Crippen LogP contribution in [0.1, 0.15) is 18.2 Å². The highest BCUT2D eigenvalue weighted by Gasteiger charge is 2.22. The lowest BCUT2D eigenvalue weighted by Gasteiger charge is -2.34. The molecule has 0 aliphatic carbocycles. The summed E-state index contributed by atoms with van der Waals surface area (Å²) in [6, 6.07) is 7.62. The van der Waals surface area contributed by atoms with E-state index < -0.39 is 11.8 Å². The van der Waals surface area contributed by atoms with Crippen LogP contribution in [0.2, 0.25) is 0 Å². The maximum atomic E-state index is 14.2. The van der Waals surface area contributed by atoms with Gasteiger partial charge in [-0.05, 0) is 43.7 Å². The zero-order valence-corrected chi connectivity index (χ0v) is 17.2. The Bertz CT molecular complexity index is 883. The van der Waals surface area contributed by atoms with Crippen LogP contribution >= 0.6 is 0 Å². The van der Waals surface area contributed by atoms with Gasteiger partial charge in [0.2, 0.25) is 0 Å². The second-order valence-corrected chi connectivity index (χ2v) is 7.04. The van der Waals surface area contributed by atoms with Gasteiger partial charge in [-0.1, -0.05) is 6.07 Å². The molecule has 0 spiro atoms. The molecule has 160 valence electrons. The van der Waals surface area contributed by atoms with E-state index in [9.17, 15) is 14.0 Å². The van der Waals surface area contributed by atoms with Gasteiger partial charge in [0, 0.05) is 38.4 Å². The van der Waals surface area contributed by atoms with Crippen LogP contribution in [0.25, 0.3) is 0 Å². The summed E-state index contributed by atoms with van der Waals surface area (Å²) in [4.78, 5) is 31.9. The fourth-order valence-corrected chi connectivity index (χ4v) is 3.15. The molecule has 1 aliphatic rings. The summed E-state index contributed by atoms with van der Waals surface area (Å²) in [5.74, 6) is -0.511. The van der Waals surface area contributed by atoms with Crippen molar-refractivity contribution < 1.29 is 18.7 Å². The maximum absolute atomic E-state index is 14.2. The van der Waals surface area contributed by atoms with Crippen LogP contribution in [-0.2, 0) is 11.3 Å². The Labute approximate surface area is 175 Å². The van der Waals surface area contributed by atoms with Crippen molar-refractivity contribution in [3.63, 3.8) is 0 Å². The van der Waals surface area contributed by atoms with Crippen LogP contribution in [0.3, 0.4) is 0 Å². The number of rotatable bonds is 5. The Morgan fingerprint density at radius 1 is 1.13 bits per heavy atom. The Hall–Kier alpha value is -3.20. The average Bonchev–Trinajstić information content (AvgIpc) is 2.73. The topological polar surface area (TPSA) is 86.8 Å². The largest absolute Gasteiger partial charge is 0.450 e. The van der Waals surface area contributed by atoms with E-state index in [4.69, 9.17) is 4.74 Å². The lowest BCUT2D eigenvalue weighted by Crippen LogP contribution is -2.48. The third kappa shape index (κ3) is 5.90. The molecular formula is C21H26FN5O3. The minimum atomic E-state index is -0.542. The summed E-state index contributed by atoms with van der Waals surface area (Å²) in [5.41, 5.74) is 2.33. The van der Waals surface area contributed by atoms with Crippen molar-refractivity contribution in [2.45, 2.75) is 20.4 Å². The number of ether oxygens (including phenoxy) is 1. The highest BCUT2D eigenvalue weighted by Crippen LogP contribution is 2.19. The molecule has 1 aliphatic heterocycles. The molecule has 8 nitrogen and oxygen atoms in total. The number of anilines is 2. The second-order valence-electron chi connectivity index (χ2n) is 7.04. The first kappa shape index (κ1) is 21.5. The van der Waals surface area contributed by atoms with Gasteiger partial charge in [0.25, 0.3) is 0 Å². The fourth-order valence-electron chi connectivity index (χ4n) is 3.15. The van der Waals surface area contributed by atoms with Crippen LogP contribution in [0.4, 0.5) is 25.4 Å². The van der Waals surface area contributed by atoms with Gasteiger partial charge < -0.3 is 20.3 Å². The number of carbonyl (C=O) groups excluding carboxylic acids is 2. The number of hydrogen-bond acceptors (Lipinski definition) is 5. The van der Waals surface area contributed by atoms with Gasteiger partial charge in [-0.25, -0.2) is 14.0 Å². The van der Waals surface area contributed by atoms with Gasteiger partial charge in [0.05, 0.1) is 24.2 Å². The van der Waals surface area contributed by atoms with E-state index in [1.807, 2.05) is 6.92 Å². The molecule has 0 radical (unpaired) electrons. The number of piperazine rings is 1. The molecular weight excluding hydrogens is 389 g/mol. The van der Waals surface area contributed by atoms with Gasteiger partial charge in [0.15, 0.2) is 0 Å². The zero-order valence-electron chi connectivity index (χ0n) is 17.2. The molecule has 1 aromatic carbocycles. The van der Waals surface area contributed by atoms with Gasteiger partial charge in [-0.15, -0.1) is 0 Å². The van der Waals surface area contributed by atoms with Crippen LogP contribution in [0.15, 0.2) is 36.5 Å². The average molecular weight is 415 g/mol. The van der Waals surface area contributed by atoms with Crippen molar-refractivity contribution in [1.82, 2.24) is 14.8 Å². The molecule has 0 unspecified atom stereocenters. The number of amides is 3. The van der Waals surface area contributed by atoms with Crippen LogP contribution in [-0.4, -0.2) is 59.7 Å². The van der Waals surface area contributed by atoms with E-state index in [0.717, 1.165) is 11.3 Å². The van der Waals surface area contributed by atoms with Crippen LogP contribution in [0, 0.1) is 12.7 Å². The summed E-state index contributed by atoms with van der Waals surface area (Å²) in [5, 5.41) is 5.18. The molecule has 0 bridgehead atoms. The normalized spacial score (nSPS) is 14.3. The number of urea groups is 1. The predicted octanol–water partition coefficient (Wildman–Crippen LogP) is 3.45. The number of nitrogens with zero attached hydrogens (tertiary/aromatic N) is 3. The molecule has 3 amide bonds. The molecule has 2 N–H and O–H groups in total. The fraction of sp³-hybridized carbons (Fsp3) is 0.381. The maximum Gasteiger partial charge on any atom is 0.409 e. The molecule has 2 heterocycles.